The lowest BCUT2D eigenvalue weighted by molar-refractivity contribution is 0.468. The van der Waals surface area contributed by atoms with Gasteiger partial charge in [-0.25, -0.2) is 0 Å². The summed E-state index contributed by atoms with van der Waals surface area (Å²) in [6.45, 7) is 4.44. The maximum Gasteiger partial charge on any atom is 0.0685 e. The van der Waals surface area contributed by atoms with E-state index in [1.54, 1.807) is 0 Å². The molecular weight excluding hydrogens is 172 g/mol. The van der Waals surface area contributed by atoms with Crippen molar-refractivity contribution in [2.24, 2.45) is 0 Å². The molecule has 0 fully saturated rings. The van der Waals surface area contributed by atoms with Crippen LogP contribution in [0.2, 0.25) is 0 Å². The molecule has 74 valence electrons. The minimum Gasteiger partial charge on any atom is -0.262 e. The highest BCUT2D eigenvalue weighted by Gasteiger charge is 2.07. The molecule has 0 N–H and O–H groups in total. The molecule has 0 amide bonds. The number of para-hydroxylation sites is 1. The van der Waals surface area contributed by atoms with E-state index in [0.29, 0.717) is 6.04 Å². The molecule has 1 unspecified atom stereocenters. The Morgan fingerprint density at radius 1 is 1.36 bits per heavy atom. The lowest BCUT2D eigenvalue weighted by atomic mass is 10.2. The second-order valence-electron chi connectivity index (χ2n) is 3.79. The molecule has 2 rings (SSSR count). The topological polar surface area (TPSA) is 17.8 Å². The Bertz CT molecular complexity index is 417. The Balaban J connectivity index is 2.42. The van der Waals surface area contributed by atoms with E-state index in [-0.39, 0.29) is 0 Å². The normalized spacial score (nSPS) is 13.3. The average Bonchev–Trinajstić information content (AvgIpc) is 2.61. The maximum absolute atomic E-state index is 4.43. The van der Waals surface area contributed by atoms with Crippen LogP contribution in [0.15, 0.2) is 30.5 Å². The third-order valence-corrected chi connectivity index (χ3v) is 2.63. The minimum absolute atomic E-state index is 0.500. The first-order valence-corrected chi connectivity index (χ1v) is 5.25. The summed E-state index contributed by atoms with van der Waals surface area (Å²) >= 11 is 0. The van der Waals surface area contributed by atoms with Crippen LogP contribution in [0, 0.1) is 0 Å². The van der Waals surface area contributed by atoms with Gasteiger partial charge in [-0.05, 0) is 19.4 Å². The Morgan fingerprint density at radius 2 is 2.14 bits per heavy atom. The van der Waals surface area contributed by atoms with Crippen molar-refractivity contribution in [3.63, 3.8) is 0 Å². The van der Waals surface area contributed by atoms with Crippen LogP contribution >= 0.6 is 0 Å². The summed E-state index contributed by atoms with van der Waals surface area (Å²) in [6.07, 6.45) is 4.34. The van der Waals surface area contributed by atoms with Crippen molar-refractivity contribution < 1.29 is 0 Å². The van der Waals surface area contributed by atoms with Gasteiger partial charge in [0, 0.05) is 11.4 Å². The molecule has 1 aromatic carbocycles. The number of aromatic nitrogens is 2. The first-order valence-electron chi connectivity index (χ1n) is 5.25. The monoisotopic (exact) mass is 188 g/mol. The summed E-state index contributed by atoms with van der Waals surface area (Å²) in [6, 6.07) is 8.86. The summed E-state index contributed by atoms with van der Waals surface area (Å²) < 4.78 is 2.12. The fourth-order valence-corrected chi connectivity index (χ4v) is 1.88. The zero-order valence-electron chi connectivity index (χ0n) is 8.77. The van der Waals surface area contributed by atoms with Gasteiger partial charge in [0.05, 0.1) is 11.7 Å². The van der Waals surface area contributed by atoms with Crippen LogP contribution in [0.4, 0.5) is 0 Å². The molecule has 2 aromatic rings. The van der Waals surface area contributed by atoms with Crippen LogP contribution in [-0.4, -0.2) is 9.78 Å². The van der Waals surface area contributed by atoms with E-state index in [0.717, 1.165) is 0 Å². The highest BCUT2D eigenvalue weighted by atomic mass is 15.3. The Morgan fingerprint density at radius 3 is 2.93 bits per heavy atom. The first-order chi connectivity index (χ1) is 6.83. The third-order valence-electron chi connectivity index (χ3n) is 2.63. The number of fused-ring (bicyclic) bond motifs is 1. The lowest BCUT2D eigenvalue weighted by Crippen LogP contribution is -2.05. The maximum atomic E-state index is 4.43. The summed E-state index contributed by atoms with van der Waals surface area (Å²) in [5, 5.41) is 5.66. The fourth-order valence-electron chi connectivity index (χ4n) is 1.88. The average molecular weight is 188 g/mol. The predicted octanol–water partition coefficient (Wildman–Crippen LogP) is 3.40. The van der Waals surface area contributed by atoms with Crippen LogP contribution < -0.4 is 0 Å². The zero-order chi connectivity index (χ0) is 9.97. The van der Waals surface area contributed by atoms with E-state index in [1.807, 2.05) is 6.20 Å². The second kappa shape index (κ2) is 3.82. The van der Waals surface area contributed by atoms with Crippen molar-refractivity contribution in [1.29, 1.82) is 0 Å². The number of hydrogen-bond acceptors (Lipinski definition) is 1. The van der Waals surface area contributed by atoms with Gasteiger partial charge in [0.1, 0.15) is 0 Å². The number of nitrogens with zero attached hydrogens (tertiary/aromatic N) is 2. The molecule has 1 aromatic heterocycles. The smallest absolute Gasteiger partial charge is 0.0685 e. The molecule has 0 bridgehead atoms. The molecule has 2 heteroatoms. The van der Waals surface area contributed by atoms with Gasteiger partial charge in [-0.3, -0.25) is 4.68 Å². The molecule has 0 saturated carbocycles. The quantitative estimate of drug-likeness (QED) is 0.721. The second-order valence-corrected chi connectivity index (χ2v) is 3.79. The molecule has 0 saturated heterocycles. The summed E-state index contributed by atoms with van der Waals surface area (Å²) in [4.78, 5) is 0. The highest BCUT2D eigenvalue weighted by Crippen LogP contribution is 2.19. The van der Waals surface area contributed by atoms with Crippen molar-refractivity contribution in [2.75, 3.05) is 0 Å². The molecular formula is C12H16N2. The molecule has 1 atom stereocenters. The van der Waals surface area contributed by atoms with Crippen LogP contribution in [0.5, 0.6) is 0 Å². The molecule has 2 nitrogen and oxygen atoms in total. The summed E-state index contributed by atoms with van der Waals surface area (Å²) in [5.74, 6) is 0. The molecule has 0 aliphatic carbocycles. The molecule has 0 aliphatic rings. The Kier molecular flexibility index (Phi) is 2.53. The van der Waals surface area contributed by atoms with E-state index in [9.17, 15) is 0 Å². The third kappa shape index (κ3) is 1.52. The first kappa shape index (κ1) is 9.25. The minimum atomic E-state index is 0.500. The van der Waals surface area contributed by atoms with Gasteiger partial charge < -0.3 is 0 Å². The van der Waals surface area contributed by atoms with Gasteiger partial charge in [0.2, 0.25) is 0 Å². The molecule has 0 aliphatic heterocycles. The largest absolute Gasteiger partial charge is 0.262 e. The van der Waals surface area contributed by atoms with E-state index < -0.39 is 0 Å². The van der Waals surface area contributed by atoms with Crippen molar-refractivity contribution in [1.82, 2.24) is 9.78 Å². The standard InChI is InChI=1S/C12H16N2/c1-3-6-10(2)14-12-8-5-4-7-11(12)9-13-14/h4-5,7-10H,3,6H2,1-2H3. The molecule has 14 heavy (non-hydrogen) atoms. The predicted molar refractivity (Wildman–Crippen MR) is 59.4 cm³/mol. The Hall–Kier alpha value is -1.31. The SMILES string of the molecule is CCCC(C)n1ncc2ccccc21. The summed E-state index contributed by atoms with van der Waals surface area (Å²) in [5.41, 5.74) is 1.24. The van der Waals surface area contributed by atoms with Crippen molar-refractivity contribution in [3.05, 3.63) is 30.5 Å². The van der Waals surface area contributed by atoms with Crippen LogP contribution in [0.1, 0.15) is 32.7 Å². The molecule has 0 radical (unpaired) electrons. The van der Waals surface area contributed by atoms with Gasteiger partial charge in [0.25, 0.3) is 0 Å². The van der Waals surface area contributed by atoms with Gasteiger partial charge in [-0.1, -0.05) is 31.5 Å². The van der Waals surface area contributed by atoms with E-state index in [1.165, 1.54) is 23.7 Å². The van der Waals surface area contributed by atoms with Crippen molar-refractivity contribution in [2.45, 2.75) is 32.7 Å². The van der Waals surface area contributed by atoms with Crippen LogP contribution in [0.25, 0.3) is 10.9 Å². The number of benzene rings is 1. The van der Waals surface area contributed by atoms with Crippen molar-refractivity contribution >= 4 is 10.9 Å². The number of hydrogen-bond donors (Lipinski definition) is 0. The van der Waals surface area contributed by atoms with E-state index >= 15 is 0 Å². The van der Waals surface area contributed by atoms with Crippen molar-refractivity contribution in [3.8, 4) is 0 Å². The molecule has 1 heterocycles. The fraction of sp³-hybridized carbons (Fsp3) is 0.417. The van der Waals surface area contributed by atoms with Gasteiger partial charge >= 0.3 is 0 Å². The van der Waals surface area contributed by atoms with Gasteiger partial charge in [-0.2, -0.15) is 5.10 Å². The highest BCUT2D eigenvalue weighted by molar-refractivity contribution is 5.78. The van der Waals surface area contributed by atoms with E-state index in [2.05, 4.69) is 47.9 Å². The molecule has 0 spiro atoms. The van der Waals surface area contributed by atoms with Gasteiger partial charge in [-0.15, -0.1) is 0 Å². The zero-order valence-corrected chi connectivity index (χ0v) is 8.77. The van der Waals surface area contributed by atoms with Crippen LogP contribution in [0.3, 0.4) is 0 Å². The van der Waals surface area contributed by atoms with Crippen LogP contribution in [-0.2, 0) is 0 Å². The number of rotatable bonds is 3. The Labute approximate surface area is 84.5 Å². The summed E-state index contributed by atoms with van der Waals surface area (Å²) in [7, 11) is 0. The van der Waals surface area contributed by atoms with E-state index in [4.69, 9.17) is 0 Å². The lowest BCUT2D eigenvalue weighted by Gasteiger charge is -2.11. The van der Waals surface area contributed by atoms with Gasteiger partial charge in [0.15, 0.2) is 0 Å².